The fraction of sp³-hybridized carbons (Fsp3) is 0.417. The van der Waals surface area contributed by atoms with Gasteiger partial charge in [0.2, 0.25) is 0 Å². The average Bonchev–Trinajstić information content (AvgIpc) is 2.30. The Morgan fingerprint density at radius 2 is 2.12 bits per heavy atom. The highest BCUT2D eigenvalue weighted by atomic mass is 19.1. The summed E-state index contributed by atoms with van der Waals surface area (Å²) in [6, 6.07) is 2.57. The van der Waals surface area contributed by atoms with E-state index in [2.05, 4.69) is 0 Å². The zero-order chi connectivity index (χ0) is 13.0. The molecular weight excluding hydrogens is 228 g/mol. The first-order valence-corrected chi connectivity index (χ1v) is 5.32. The molecule has 1 atom stereocenters. The molecule has 0 spiro atoms. The fourth-order valence-corrected chi connectivity index (χ4v) is 1.43. The Morgan fingerprint density at radius 1 is 1.47 bits per heavy atom. The van der Waals surface area contributed by atoms with Crippen molar-refractivity contribution in [3.05, 3.63) is 35.4 Å². The summed E-state index contributed by atoms with van der Waals surface area (Å²) in [6.07, 6.45) is -0.566. The number of halogens is 2. The lowest BCUT2D eigenvalue weighted by Gasteiger charge is -2.24. The molecule has 1 amide bonds. The first-order chi connectivity index (χ1) is 7.97. The van der Waals surface area contributed by atoms with Crippen molar-refractivity contribution in [2.24, 2.45) is 0 Å². The van der Waals surface area contributed by atoms with Gasteiger partial charge in [-0.1, -0.05) is 0 Å². The Kier molecular flexibility index (Phi) is 4.43. The van der Waals surface area contributed by atoms with E-state index in [1.807, 2.05) is 0 Å². The SMILES string of the molecule is CCOC(=O)N(C)C(C)c1cc(F)ccc1F. The molecule has 0 saturated carbocycles. The van der Waals surface area contributed by atoms with Gasteiger partial charge in [0, 0.05) is 12.6 Å². The summed E-state index contributed by atoms with van der Waals surface area (Å²) in [5, 5.41) is 0. The fourth-order valence-electron chi connectivity index (χ4n) is 1.43. The Hall–Kier alpha value is -1.65. The van der Waals surface area contributed by atoms with Crippen molar-refractivity contribution in [2.45, 2.75) is 19.9 Å². The van der Waals surface area contributed by atoms with Crippen molar-refractivity contribution in [1.82, 2.24) is 4.90 Å². The summed E-state index contributed by atoms with van der Waals surface area (Å²) >= 11 is 0. The zero-order valence-electron chi connectivity index (χ0n) is 10.0. The van der Waals surface area contributed by atoms with Crippen LogP contribution in [0.2, 0.25) is 0 Å². The molecule has 0 bridgehead atoms. The minimum atomic E-state index is -0.593. The molecule has 1 aromatic rings. The van der Waals surface area contributed by atoms with Gasteiger partial charge in [0.1, 0.15) is 11.6 Å². The van der Waals surface area contributed by atoms with Crippen molar-refractivity contribution in [3.63, 3.8) is 0 Å². The Bertz CT molecular complexity index is 409. The molecule has 0 N–H and O–H groups in total. The van der Waals surface area contributed by atoms with Gasteiger partial charge in [-0.15, -0.1) is 0 Å². The monoisotopic (exact) mass is 243 g/mol. The molecule has 0 aliphatic carbocycles. The van der Waals surface area contributed by atoms with Crippen molar-refractivity contribution in [3.8, 4) is 0 Å². The Labute approximate surface area is 99.0 Å². The summed E-state index contributed by atoms with van der Waals surface area (Å²) in [5.74, 6) is -1.08. The molecule has 0 aliphatic rings. The highest BCUT2D eigenvalue weighted by Gasteiger charge is 2.21. The molecule has 0 saturated heterocycles. The number of amides is 1. The number of hydrogen-bond donors (Lipinski definition) is 0. The average molecular weight is 243 g/mol. The van der Waals surface area contributed by atoms with Crippen LogP contribution < -0.4 is 0 Å². The quantitative estimate of drug-likeness (QED) is 0.816. The standard InChI is InChI=1S/C12H15F2NO2/c1-4-17-12(16)15(3)8(2)10-7-9(13)5-6-11(10)14/h5-8H,4H2,1-3H3. The molecule has 1 unspecified atom stereocenters. The predicted octanol–water partition coefficient (Wildman–Crippen LogP) is 3.11. The van der Waals surface area contributed by atoms with Crippen LogP contribution in [0.4, 0.5) is 13.6 Å². The van der Waals surface area contributed by atoms with Gasteiger partial charge < -0.3 is 9.64 Å². The van der Waals surface area contributed by atoms with Gasteiger partial charge in [-0.05, 0) is 32.0 Å². The van der Waals surface area contributed by atoms with Crippen LogP contribution in [0.15, 0.2) is 18.2 Å². The number of benzene rings is 1. The molecule has 1 rings (SSSR count). The molecule has 3 nitrogen and oxygen atoms in total. The van der Waals surface area contributed by atoms with E-state index in [1.54, 1.807) is 13.8 Å². The largest absolute Gasteiger partial charge is 0.450 e. The normalized spacial score (nSPS) is 12.1. The lowest BCUT2D eigenvalue weighted by molar-refractivity contribution is 0.104. The van der Waals surface area contributed by atoms with Gasteiger partial charge in [-0.2, -0.15) is 0 Å². The molecule has 94 valence electrons. The first kappa shape index (κ1) is 13.4. The summed E-state index contributed by atoms with van der Waals surface area (Å²) in [4.78, 5) is 12.7. The molecule has 0 heterocycles. The van der Waals surface area contributed by atoms with E-state index in [0.29, 0.717) is 0 Å². The van der Waals surface area contributed by atoms with Crippen LogP contribution in [0.25, 0.3) is 0 Å². The van der Waals surface area contributed by atoms with Gasteiger partial charge in [0.05, 0.1) is 12.6 Å². The summed E-state index contributed by atoms with van der Waals surface area (Å²) in [5.41, 5.74) is 0.126. The van der Waals surface area contributed by atoms with Crippen LogP contribution in [0, 0.1) is 11.6 Å². The number of hydrogen-bond acceptors (Lipinski definition) is 2. The van der Waals surface area contributed by atoms with Crippen LogP contribution in [0.5, 0.6) is 0 Å². The number of nitrogens with zero attached hydrogens (tertiary/aromatic N) is 1. The topological polar surface area (TPSA) is 29.5 Å². The number of ether oxygens (including phenoxy) is 1. The molecule has 0 aromatic heterocycles. The van der Waals surface area contributed by atoms with Crippen LogP contribution in [-0.2, 0) is 4.74 Å². The molecular formula is C12H15F2NO2. The van der Waals surface area contributed by atoms with E-state index in [1.165, 1.54) is 11.9 Å². The number of carbonyl (C=O) groups is 1. The van der Waals surface area contributed by atoms with Crippen LogP contribution >= 0.6 is 0 Å². The van der Waals surface area contributed by atoms with E-state index >= 15 is 0 Å². The molecule has 17 heavy (non-hydrogen) atoms. The van der Waals surface area contributed by atoms with Crippen molar-refractivity contribution >= 4 is 6.09 Å². The second-order valence-electron chi connectivity index (χ2n) is 3.65. The smallest absolute Gasteiger partial charge is 0.409 e. The van der Waals surface area contributed by atoms with Crippen LogP contribution in [-0.4, -0.2) is 24.6 Å². The molecule has 5 heteroatoms. The van der Waals surface area contributed by atoms with Crippen molar-refractivity contribution < 1.29 is 18.3 Å². The van der Waals surface area contributed by atoms with E-state index in [4.69, 9.17) is 4.74 Å². The van der Waals surface area contributed by atoms with Gasteiger partial charge in [0.15, 0.2) is 0 Å². The van der Waals surface area contributed by atoms with Gasteiger partial charge >= 0.3 is 6.09 Å². The van der Waals surface area contributed by atoms with Crippen LogP contribution in [0.3, 0.4) is 0 Å². The van der Waals surface area contributed by atoms with Gasteiger partial charge in [0.25, 0.3) is 0 Å². The van der Waals surface area contributed by atoms with E-state index < -0.39 is 23.8 Å². The molecule has 0 fully saturated rings. The summed E-state index contributed by atoms with van der Waals surface area (Å²) in [7, 11) is 1.48. The highest BCUT2D eigenvalue weighted by Crippen LogP contribution is 2.23. The molecule has 0 radical (unpaired) electrons. The predicted molar refractivity (Wildman–Crippen MR) is 59.6 cm³/mol. The molecule has 0 aliphatic heterocycles. The zero-order valence-corrected chi connectivity index (χ0v) is 10.0. The lowest BCUT2D eigenvalue weighted by atomic mass is 10.1. The number of rotatable bonds is 3. The van der Waals surface area contributed by atoms with Gasteiger partial charge in [-0.25, -0.2) is 13.6 Å². The maximum absolute atomic E-state index is 13.5. The Morgan fingerprint density at radius 3 is 2.71 bits per heavy atom. The minimum absolute atomic E-state index is 0.126. The summed E-state index contributed by atoms with van der Waals surface area (Å²) < 4.78 is 31.3. The lowest BCUT2D eigenvalue weighted by Crippen LogP contribution is -2.30. The maximum atomic E-state index is 13.5. The third-order valence-corrected chi connectivity index (χ3v) is 2.54. The Balaban J connectivity index is 2.91. The minimum Gasteiger partial charge on any atom is -0.450 e. The maximum Gasteiger partial charge on any atom is 0.409 e. The third-order valence-electron chi connectivity index (χ3n) is 2.54. The summed E-state index contributed by atoms with van der Waals surface area (Å²) in [6.45, 7) is 3.52. The van der Waals surface area contributed by atoms with Gasteiger partial charge in [-0.3, -0.25) is 0 Å². The van der Waals surface area contributed by atoms with E-state index in [-0.39, 0.29) is 12.2 Å². The number of carbonyl (C=O) groups excluding carboxylic acids is 1. The van der Waals surface area contributed by atoms with Crippen molar-refractivity contribution in [2.75, 3.05) is 13.7 Å². The highest BCUT2D eigenvalue weighted by molar-refractivity contribution is 5.67. The second kappa shape index (κ2) is 5.61. The third kappa shape index (κ3) is 3.15. The molecule has 1 aromatic carbocycles. The van der Waals surface area contributed by atoms with Crippen molar-refractivity contribution in [1.29, 1.82) is 0 Å². The van der Waals surface area contributed by atoms with Crippen LogP contribution in [0.1, 0.15) is 25.5 Å². The second-order valence-corrected chi connectivity index (χ2v) is 3.65. The van der Waals surface area contributed by atoms with E-state index in [0.717, 1.165) is 18.2 Å². The van der Waals surface area contributed by atoms with E-state index in [9.17, 15) is 13.6 Å². The first-order valence-electron chi connectivity index (χ1n) is 5.32.